The van der Waals surface area contributed by atoms with Gasteiger partial charge in [0.05, 0.1) is 25.8 Å². The summed E-state index contributed by atoms with van der Waals surface area (Å²) < 4.78 is 17.5. The molecule has 5 heteroatoms. The summed E-state index contributed by atoms with van der Waals surface area (Å²) in [4.78, 5) is 2.48. The van der Waals surface area contributed by atoms with Crippen molar-refractivity contribution in [3.05, 3.63) is 89.5 Å². The van der Waals surface area contributed by atoms with Gasteiger partial charge < -0.3 is 19.5 Å². The van der Waals surface area contributed by atoms with E-state index in [1.807, 2.05) is 36.4 Å². The van der Waals surface area contributed by atoms with Crippen LogP contribution < -0.4 is 19.5 Å². The van der Waals surface area contributed by atoms with E-state index in [1.165, 1.54) is 5.56 Å². The maximum absolute atomic E-state index is 5.99. The molecular formula is C26H30N2O3. The van der Waals surface area contributed by atoms with Crippen molar-refractivity contribution in [2.24, 2.45) is 0 Å². The van der Waals surface area contributed by atoms with Gasteiger partial charge in [0.1, 0.15) is 23.9 Å². The number of ether oxygens (including phenoxy) is 3. The zero-order valence-electron chi connectivity index (χ0n) is 18.2. The van der Waals surface area contributed by atoms with Crippen molar-refractivity contribution in [1.29, 1.82) is 0 Å². The van der Waals surface area contributed by atoms with Gasteiger partial charge in [-0.05, 0) is 35.4 Å². The number of hydrogen-bond donors (Lipinski definition) is 1. The van der Waals surface area contributed by atoms with Crippen LogP contribution in [0.3, 0.4) is 0 Å². The third-order valence-corrected chi connectivity index (χ3v) is 5.70. The number of hydrogen-bond acceptors (Lipinski definition) is 5. The summed E-state index contributed by atoms with van der Waals surface area (Å²) >= 11 is 0. The molecule has 1 unspecified atom stereocenters. The van der Waals surface area contributed by atoms with Gasteiger partial charge in [-0.15, -0.1) is 0 Å². The summed E-state index contributed by atoms with van der Waals surface area (Å²) in [6.45, 7) is 4.40. The first-order chi connectivity index (χ1) is 15.3. The lowest BCUT2D eigenvalue weighted by Gasteiger charge is -2.36. The molecule has 1 fully saturated rings. The Bertz CT molecular complexity index is 932. The van der Waals surface area contributed by atoms with Gasteiger partial charge in [-0.25, -0.2) is 0 Å². The highest BCUT2D eigenvalue weighted by molar-refractivity contribution is 5.51. The Kier molecular flexibility index (Phi) is 7.07. The van der Waals surface area contributed by atoms with Crippen LogP contribution in [0.4, 0.5) is 0 Å². The standard InChI is InChI=1S/C26H30N2O3/c1-29-23-9-6-10-24(30-2)25(23)26(28-17-15-27-16-18-28)21-11-13-22(14-12-21)31-19-20-7-4-3-5-8-20/h3-14,26-27H,15-19H2,1-2H3. The minimum atomic E-state index is 0.0383. The van der Waals surface area contributed by atoms with E-state index in [4.69, 9.17) is 14.2 Å². The highest BCUT2D eigenvalue weighted by Gasteiger charge is 2.29. The quantitative estimate of drug-likeness (QED) is 0.592. The molecule has 5 nitrogen and oxygen atoms in total. The molecule has 0 amide bonds. The normalized spacial score (nSPS) is 15.3. The zero-order valence-corrected chi connectivity index (χ0v) is 18.2. The van der Waals surface area contributed by atoms with Gasteiger partial charge in [-0.3, -0.25) is 4.90 Å². The van der Waals surface area contributed by atoms with E-state index in [0.29, 0.717) is 6.61 Å². The minimum Gasteiger partial charge on any atom is -0.496 e. The van der Waals surface area contributed by atoms with Gasteiger partial charge in [-0.2, -0.15) is 0 Å². The number of nitrogens with zero attached hydrogens (tertiary/aromatic N) is 1. The van der Waals surface area contributed by atoms with Crippen LogP contribution in [-0.2, 0) is 6.61 Å². The third kappa shape index (κ3) is 5.01. The van der Waals surface area contributed by atoms with Crippen molar-refractivity contribution in [2.45, 2.75) is 12.6 Å². The van der Waals surface area contributed by atoms with Gasteiger partial charge in [0.2, 0.25) is 0 Å². The van der Waals surface area contributed by atoms with Crippen LogP contribution in [0, 0.1) is 0 Å². The average molecular weight is 419 g/mol. The Morgan fingerprint density at radius 3 is 2.06 bits per heavy atom. The molecule has 0 spiro atoms. The Labute approximate surface area is 184 Å². The molecule has 0 aromatic heterocycles. The molecule has 1 aliphatic rings. The van der Waals surface area contributed by atoms with Crippen LogP contribution in [0.5, 0.6) is 17.2 Å². The van der Waals surface area contributed by atoms with E-state index in [2.05, 4.69) is 46.6 Å². The van der Waals surface area contributed by atoms with Crippen LogP contribution in [0.2, 0.25) is 0 Å². The summed E-state index contributed by atoms with van der Waals surface area (Å²) in [6.07, 6.45) is 0. The summed E-state index contributed by atoms with van der Waals surface area (Å²) in [7, 11) is 3.43. The van der Waals surface area contributed by atoms with E-state index in [0.717, 1.165) is 54.6 Å². The van der Waals surface area contributed by atoms with E-state index in [1.54, 1.807) is 14.2 Å². The highest BCUT2D eigenvalue weighted by atomic mass is 16.5. The maximum atomic E-state index is 5.99. The predicted octanol–water partition coefficient (Wildman–Crippen LogP) is 4.28. The second-order valence-electron chi connectivity index (χ2n) is 7.61. The summed E-state index contributed by atoms with van der Waals surface area (Å²) in [5.41, 5.74) is 3.41. The van der Waals surface area contributed by atoms with Crippen LogP contribution in [0.1, 0.15) is 22.7 Å². The van der Waals surface area contributed by atoms with E-state index < -0.39 is 0 Å². The Balaban J connectivity index is 1.63. The first kappa shape index (κ1) is 21.2. The molecule has 0 bridgehead atoms. The fourth-order valence-electron chi connectivity index (χ4n) is 4.14. The van der Waals surface area contributed by atoms with E-state index >= 15 is 0 Å². The number of nitrogens with one attached hydrogen (secondary N) is 1. The molecule has 1 saturated heterocycles. The Morgan fingerprint density at radius 1 is 0.806 bits per heavy atom. The molecule has 0 aliphatic carbocycles. The highest BCUT2D eigenvalue weighted by Crippen LogP contribution is 2.41. The van der Waals surface area contributed by atoms with Crippen molar-refractivity contribution < 1.29 is 14.2 Å². The fourth-order valence-corrected chi connectivity index (χ4v) is 4.14. The summed E-state index contributed by atoms with van der Waals surface area (Å²) in [5.74, 6) is 2.54. The van der Waals surface area contributed by atoms with Crippen molar-refractivity contribution in [2.75, 3.05) is 40.4 Å². The monoisotopic (exact) mass is 418 g/mol. The van der Waals surface area contributed by atoms with Gasteiger partial charge in [-0.1, -0.05) is 48.5 Å². The molecule has 1 heterocycles. The van der Waals surface area contributed by atoms with Crippen molar-refractivity contribution in [1.82, 2.24) is 10.2 Å². The second kappa shape index (κ2) is 10.3. The molecule has 0 saturated carbocycles. The molecule has 0 radical (unpaired) electrons. The SMILES string of the molecule is COc1cccc(OC)c1C(c1ccc(OCc2ccccc2)cc1)N1CCNCC1. The fraction of sp³-hybridized carbons (Fsp3) is 0.308. The van der Waals surface area contributed by atoms with Crippen LogP contribution >= 0.6 is 0 Å². The largest absolute Gasteiger partial charge is 0.496 e. The number of rotatable bonds is 8. The minimum absolute atomic E-state index is 0.0383. The first-order valence-corrected chi connectivity index (χ1v) is 10.7. The molecule has 3 aromatic rings. The van der Waals surface area contributed by atoms with Crippen LogP contribution in [0.15, 0.2) is 72.8 Å². The van der Waals surface area contributed by atoms with E-state index in [-0.39, 0.29) is 6.04 Å². The lowest BCUT2D eigenvalue weighted by atomic mass is 9.94. The van der Waals surface area contributed by atoms with Crippen molar-refractivity contribution in [3.63, 3.8) is 0 Å². The summed E-state index contributed by atoms with van der Waals surface area (Å²) in [5, 5.41) is 3.45. The lowest BCUT2D eigenvalue weighted by Crippen LogP contribution is -2.45. The van der Waals surface area contributed by atoms with Gasteiger partial charge in [0, 0.05) is 26.2 Å². The van der Waals surface area contributed by atoms with Crippen LogP contribution in [-0.4, -0.2) is 45.3 Å². The number of methoxy groups -OCH3 is 2. The first-order valence-electron chi connectivity index (χ1n) is 10.7. The average Bonchev–Trinajstić information content (AvgIpc) is 2.85. The second-order valence-corrected chi connectivity index (χ2v) is 7.61. The Hall–Kier alpha value is -3.02. The van der Waals surface area contributed by atoms with Crippen molar-refractivity contribution >= 4 is 0 Å². The molecule has 1 N–H and O–H groups in total. The molecule has 1 atom stereocenters. The van der Waals surface area contributed by atoms with Crippen LogP contribution in [0.25, 0.3) is 0 Å². The van der Waals surface area contributed by atoms with Crippen molar-refractivity contribution in [3.8, 4) is 17.2 Å². The molecule has 1 aliphatic heterocycles. The number of benzene rings is 3. The summed E-state index contributed by atoms with van der Waals surface area (Å²) in [6, 6.07) is 24.6. The molecule has 162 valence electrons. The smallest absolute Gasteiger partial charge is 0.127 e. The topological polar surface area (TPSA) is 43.0 Å². The van der Waals surface area contributed by atoms with E-state index in [9.17, 15) is 0 Å². The molecular weight excluding hydrogens is 388 g/mol. The molecule has 4 rings (SSSR count). The predicted molar refractivity (Wildman–Crippen MR) is 123 cm³/mol. The third-order valence-electron chi connectivity index (χ3n) is 5.70. The zero-order chi connectivity index (χ0) is 21.5. The maximum Gasteiger partial charge on any atom is 0.127 e. The Morgan fingerprint density at radius 2 is 1.45 bits per heavy atom. The van der Waals surface area contributed by atoms with Gasteiger partial charge in [0.25, 0.3) is 0 Å². The molecule has 3 aromatic carbocycles. The van der Waals surface area contributed by atoms with Gasteiger partial charge in [0.15, 0.2) is 0 Å². The lowest BCUT2D eigenvalue weighted by molar-refractivity contribution is 0.192. The number of piperazine rings is 1. The molecule has 31 heavy (non-hydrogen) atoms. The van der Waals surface area contributed by atoms with Gasteiger partial charge >= 0.3 is 0 Å².